The van der Waals surface area contributed by atoms with Gasteiger partial charge >= 0.3 is 6.18 Å². The van der Waals surface area contributed by atoms with E-state index in [1.807, 2.05) is 12.1 Å². The van der Waals surface area contributed by atoms with Crippen LogP contribution in [0.4, 0.5) is 13.2 Å². The first-order valence-corrected chi connectivity index (χ1v) is 6.42. The molecule has 3 nitrogen and oxygen atoms in total. The predicted octanol–water partition coefficient (Wildman–Crippen LogP) is 3.70. The quantitative estimate of drug-likeness (QED) is 0.846. The summed E-state index contributed by atoms with van der Waals surface area (Å²) in [4.78, 5) is 0. The standard InChI is InChI=1S/C14H17F3O3/c1-18-12-4-2-11(3-5-12)13-19-8-10(9-20-13)6-7-14(15,16)17/h2-5,10,13H,6-9H2,1H3/t10-,13-. The minimum Gasteiger partial charge on any atom is -0.497 e. The number of hydrogen-bond donors (Lipinski definition) is 0. The molecule has 1 aliphatic rings. The Kier molecular flexibility index (Phi) is 4.88. The third-order valence-electron chi connectivity index (χ3n) is 3.19. The number of ether oxygens (including phenoxy) is 3. The highest BCUT2D eigenvalue weighted by Crippen LogP contribution is 2.30. The lowest BCUT2D eigenvalue weighted by molar-refractivity contribution is -0.211. The third kappa shape index (κ3) is 4.38. The molecule has 1 aromatic rings. The molecule has 20 heavy (non-hydrogen) atoms. The molecule has 1 fully saturated rings. The number of alkyl halides is 3. The van der Waals surface area contributed by atoms with E-state index in [9.17, 15) is 13.2 Å². The maximum Gasteiger partial charge on any atom is 0.389 e. The molecular weight excluding hydrogens is 273 g/mol. The molecule has 0 spiro atoms. The van der Waals surface area contributed by atoms with Gasteiger partial charge in [-0.3, -0.25) is 0 Å². The Bertz CT molecular complexity index is 409. The zero-order valence-electron chi connectivity index (χ0n) is 11.2. The largest absolute Gasteiger partial charge is 0.497 e. The van der Waals surface area contributed by atoms with E-state index in [-0.39, 0.29) is 25.6 Å². The second kappa shape index (κ2) is 6.45. The van der Waals surface area contributed by atoms with E-state index in [1.54, 1.807) is 19.2 Å². The minimum absolute atomic E-state index is 0.0405. The maximum absolute atomic E-state index is 12.1. The van der Waals surface area contributed by atoms with Gasteiger partial charge in [0, 0.05) is 17.9 Å². The van der Waals surface area contributed by atoms with E-state index >= 15 is 0 Å². The van der Waals surface area contributed by atoms with E-state index in [0.29, 0.717) is 0 Å². The Morgan fingerprint density at radius 2 is 1.75 bits per heavy atom. The number of benzene rings is 1. The summed E-state index contributed by atoms with van der Waals surface area (Å²) in [6.45, 7) is 0.569. The van der Waals surface area contributed by atoms with Gasteiger partial charge in [-0.05, 0) is 18.6 Å². The smallest absolute Gasteiger partial charge is 0.389 e. The molecule has 1 heterocycles. The van der Waals surface area contributed by atoms with Crippen LogP contribution >= 0.6 is 0 Å². The molecule has 2 rings (SSSR count). The number of rotatable bonds is 4. The van der Waals surface area contributed by atoms with Crippen molar-refractivity contribution in [2.75, 3.05) is 20.3 Å². The van der Waals surface area contributed by atoms with E-state index in [1.165, 1.54) is 0 Å². The molecule has 0 radical (unpaired) electrons. The molecule has 6 heteroatoms. The summed E-state index contributed by atoms with van der Waals surface area (Å²) in [7, 11) is 1.58. The van der Waals surface area contributed by atoms with Crippen molar-refractivity contribution in [2.24, 2.45) is 5.92 Å². The van der Waals surface area contributed by atoms with Crippen molar-refractivity contribution in [2.45, 2.75) is 25.3 Å². The number of halogens is 3. The van der Waals surface area contributed by atoms with Gasteiger partial charge in [0.2, 0.25) is 0 Å². The summed E-state index contributed by atoms with van der Waals surface area (Å²) in [5, 5.41) is 0. The highest BCUT2D eigenvalue weighted by atomic mass is 19.4. The average molecular weight is 290 g/mol. The molecule has 0 aliphatic carbocycles. The highest BCUT2D eigenvalue weighted by Gasteiger charge is 2.30. The van der Waals surface area contributed by atoms with E-state index in [2.05, 4.69) is 0 Å². The second-order valence-electron chi connectivity index (χ2n) is 4.79. The number of methoxy groups -OCH3 is 1. The molecule has 112 valence electrons. The van der Waals surface area contributed by atoms with Crippen LogP contribution in [0.2, 0.25) is 0 Å². The van der Waals surface area contributed by atoms with E-state index < -0.39 is 18.9 Å². The first kappa shape index (κ1) is 15.1. The van der Waals surface area contributed by atoms with Crippen LogP contribution in [-0.4, -0.2) is 26.5 Å². The Morgan fingerprint density at radius 3 is 2.25 bits per heavy atom. The predicted molar refractivity (Wildman–Crippen MR) is 66.4 cm³/mol. The van der Waals surface area contributed by atoms with E-state index in [4.69, 9.17) is 14.2 Å². The molecule has 0 amide bonds. The third-order valence-corrected chi connectivity index (χ3v) is 3.19. The molecule has 1 aliphatic heterocycles. The van der Waals surface area contributed by atoms with Crippen molar-refractivity contribution < 1.29 is 27.4 Å². The van der Waals surface area contributed by atoms with Gasteiger partial charge in [-0.1, -0.05) is 12.1 Å². The van der Waals surface area contributed by atoms with Crippen LogP contribution in [0.15, 0.2) is 24.3 Å². The van der Waals surface area contributed by atoms with Gasteiger partial charge < -0.3 is 14.2 Å². The Hall–Kier alpha value is -1.27. The lowest BCUT2D eigenvalue weighted by Gasteiger charge is -2.29. The second-order valence-corrected chi connectivity index (χ2v) is 4.79. The van der Waals surface area contributed by atoms with Crippen LogP contribution in [-0.2, 0) is 9.47 Å². The zero-order chi connectivity index (χ0) is 14.6. The molecule has 1 saturated heterocycles. The average Bonchev–Trinajstić information content (AvgIpc) is 2.45. The Balaban J connectivity index is 1.81. The lowest BCUT2D eigenvalue weighted by atomic mass is 10.0. The SMILES string of the molecule is COc1ccc([C@H]2OC[C@H](CCC(F)(F)F)CO2)cc1. The van der Waals surface area contributed by atoms with Crippen LogP contribution in [0.25, 0.3) is 0 Å². The van der Waals surface area contributed by atoms with Crippen molar-refractivity contribution in [3.05, 3.63) is 29.8 Å². The fraction of sp³-hybridized carbons (Fsp3) is 0.571. The van der Waals surface area contributed by atoms with Crippen LogP contribution in [0, 0.1) is 5.92 Å². The van der Waals surface area contributed by atoms with Gasteiger partial charge in [0.05, 0.1) is 20.3 Å². The Morgan fingerprint density at radius 1 is 1.15 bits per heavy atom. The highest BCUT2D eigenvalue weighted by molar-refractivity contribution is 5.27. The minimum atomic E-state index is -4.12. The normalized spacial score (nSPS) is 23.6. The van der Waals surface area contributed by atoms with Crippen molar-refractivity contribution in [3.63, 3.8) is 0 Å². The van der Waals surface area contributed by atoms with Gasteiger partial charge in [0.1, 0.15) is 5.75 Å². The molecule has 0 atom stereocenters. The maximum atomic E-state index is 12.1. The van der Waals surface area contributed by atoms with Crippen LogP contribution < -0.4 is 4.74 Å². The molecule has 0 bridgehead atoms. The summed E-state index contributed by atoms with van der Waals surface area (Å²) in [5.41, 5.74) is 0.833. The first-order chi connectivity index (χ1) is 9.48. The molecule has 0 N–H and O–H groups in total. The van der Waals surface area contributed by atoms with Crippen LogP contribution in [0.5, 0.6) is 5.75 Å². The molecular formula is C14H17F3O3. The summed E-state index contributed by atoms with van der Waals surface area (Å²) in [6.07, 6.45) is -5.38. The summed E-state index contributed by atoms with van der Waals surface area (Å²) in [5.74, 6) is 0.527. The fourth-order valence-corrected chi connectivity index (χ4v) is 2.03. The first-order valence-electron chi connectivity index (χ1n) is 6.42. The zero-order valence-corrected chi connectivity index (χ0v) is 11.2. The lowest BCUT2D eigenvalue weighted by Crippen LogP contribution is -2.28. The van der Waals surface area contributed by atoms with Gasteiger partial charge in [0.15, 0.2) is 6.29 Å². The number of hydrogen-bond acceptors (Lipinski definition) is 3. The molecule has 0 saturated carbocycles. The fourth-order valence-electron chi connectivity index (χ4n) is 2.03. The summed E-state index contributed by atoms with van der Waals surface area (Å²) < 4.78 is 52.4. The van der Waals surface area contributed by atoms with Crippen molar-refractivity contribution >= 4 is 0 Å². The van der Waals surface area contributed by atoms with Gasteiger partial charge in [-0.2, -0.15) is 13.2 Å². The van der Waals surface area contributed by atoms with Gasteiger partial charge in [-0.15, -0.1) is 0 Å². The molecule has 1 aromatic carbocycles. The van der Waals surface area contributed by atoms with Crippen molar-refractivity contribution in [1.82, 2.24) is 0 Å². The summed E-state index contributed by atoms with van der Waals surface area (Å²) in [6, 6.07) is 7.22. The molecule has 0 unspecified atom stereocenters. The van der Waals surface area contributed by atoms with Crippen molar-refractivity contribution in [3.8, 4) is 5.75 Å². The molecule has 0 aromatic heterocycles. The van der Waals surface area contributed by atoms with Crippen molar-refractivity contribution in [1.29, 1.82) is 0 Å². The summed E-state index contributed by atoms with van der Waals surface area (Å²) >= 11 is 0. The van der Waals surface area contributed by atoms with E-state index in [0.717, 1.165) is 11.3 Å². The topological polar surface area (TPSA) is 27.7 Å². The monoisotopic (exact) mass is 290 g/mol. The van der Waals surface area contributed by atoms with Crippen LogP contribution in [0.3, 0.4) is 0 Å². The van der Waals surface area contributed by atoms with Gasteiger partial charge in [-0.25, -0.2) is 0 Å². The van der Waals surface area contributed by atoms with Gasteiger partial charge in [0.25, 0.3) is 0 Å². The Labute approximate surface area is 115 Å². The van der Waals surface area contributed by atoms with Crippen LogP contribution in [0.1, 0.15) is 24.7 Å².